The summed E-state index contributed by atoms with van der Waals surface area (Å²) in [6.07, 6.45) is 2.06. The van der Waals surface area contributed by atoms with E-state index in [2.05, 4.69) is 27.7 Å². The molecule has 0 fully saturated rings. The first kappa shape index (κ1) is 17.3. The molecule has 0 bridgehead atoms. The molecular weight excluding hydrogens is 188 g/mol. The van der Waals surface area contributed by atoms with Crippen molar-refractivity contribution in [3.05, 3.63) is 0 Å². The molecule has 0 aromatic heterocycles. The highest BCUT2D eigenvalue weighted by molar-refractivity contribution is 4.66. The van der Waals surface area contributed by atoms with E-state index in [4.69, 9.17) is 4.74 Å². The third-order valence-corrected chi connectivity index (χ3v) is 1.81. The van der Waals surface area contributed by atoms with E-state index in [1.807, 2.05) is 13.8 Å². The molecule has 2 nitrogen and oxygen atoms in total. The van der Waals surface area contributed by atoms with Crippen molar-refractivity contribution in [3.63, 3.8) is 0 Å². The van der Waals surface area contributed by atoms with Gasteiger partial charge >= 0.3 is 0 Å². The van der Waals surface area contributed by atoms with Crippen LogP contribution in [0.1, 0.15) is 54.4 Å². The largest absolute Gasteiger partial charge is 0.390 e. The van der Waals surface area contributed by atoms with E-state index in [-0.39, 0.29) is 0 Å². The monoisotopic (exact) mass is 218 g/mol. The Labute approximate surface area is 96.0 Å². The van der Waals surface area contributed by atoms with Crippen molar-refractivity contribution >= 4 is 0 Å². The smallest absolute Gasteiger partial charge is 0.0594 e. The third kappa shape index (κ3) is 24.9. The molecule has 0 amide bonds. The maximum absolute atomic E-state index is 9.19. The first-order chi connectivity index (χ1) is 6.69. The average molecular weight is 218 g/mol. The quantitative estimate of drug-likeness (QED) is 0.765. The van der Waals surface area contributed by atoms with E-state index in [1.54, 1.807) is 7.11 Å². The summed E-state index contributed by atoms with van der Waals surface area (Å²) in [6.45, 7) is 13.2. The number of aliphatic hydroxyl groups is 1. The minimum atomic E-state index is -0.478. The second-order valence-corrected chi connectivity index (χ2v) is 5.59. The predicted molar refractivity (Wildman–Crippen MR) is 67.1 cm³/mol. The Kier molecular flexibility index (Phi) is 10.6. The Morgan fingerprint density at radius 2 is 1.53 bits per heavy atom. The lowest BCUT2D eigenvalue weighted by molar-refractivity contribution is 0.0579. The van der Waals surface area contributed by atoms with Crippen LogP contribution in [-0.4, -0.2) is 24.4 Å². The highest BCUT2D eigenvalue weighted by Crippen LogP contribution is 2.13. The van der Waals surface area contributed by atoms with Gasteiger partial charge in [0.15, 0.2) is 0 Å². The maximum Gasteiger partial charge on any atom is 0.0594 e. The van der Waals surface area contributed by atoms with Gasteiger partial charge in [-0.2, -0.15) is 0 Å². The Morgan fingerprint density at radius 1 is 1.07 bits per heavy atom. The highest BCUT2D eigenvalue weighted by atomic mass is 16.5. The maximum atomic E-state index is 9.19. The van der Waals surface area contributed by atoms with Crippen LogP contribution in [0.15, 0.2) is 0 Å². The Balaban J connectivity index is 0. The molecule has 0 aromatic carbocycles. The Bertz CT molecular complexity index is 123. The zero-order valence-corrected chi connectivity index (χ0v) is 11.6. The van der Waals surface area contributed by atoms with Gasteiger partial charge in [-0.05, 0) is 38.5 Å². The van der Waals surface area contributed by atoms with Crippen molar-refractivity contribution in [2.45, 2.75) is 60.0 Å². The second kappa shape index (κ2) is 9.17. The molecule has 1 N–H and O–H groups in total. The normalized spacial score (nSPS) is 11.6. The van der Waals surface area contributed by atoms with E-state index in [0.717, 1.165) is 18.9 Å². The molecule has 0 saturated heterocycles. The van der Waals surface area contributed by atoms with Crippen LogP contribution in [0.5, 0.6) is 0 Å². The fourth-order valence-electron chi connectivity index (χ4n) is 1.35. The van der Waals surface area contributed by atoms with E-state index >= 15 is 0 Å². The lowest BCUT2D eigenvalue weighted by Crippen LogP contribution is -2.20. The average Bonchev–Trinajstić information content (AvgIpc) is 1.96. The summed E-state index contributed by atoms with van der Waals surface area (Å²) in [5.41, 5.74) is -0.478. The second-order valence-electron chi connectivity index (χ2n) is 5.59. The number of ether oxygens (including phenoxy) is 1. The van der Waals surface area contributed by atoms with E-state index in [9.17, 15) is 5.11 Å². The van der Waals surface area contributed by atoms with Gasteiger partial charge in [0, 0.05) is 13.7 Å². The minimum absolute atomic E-state index is 0.478. The lowest BCUT2D eigenvalue weighted by atomic mass is 9.97. The van der Waals surface area contributed by atoms with Crippen LogP contribution in [-0.2, 0) is 4.74 Å². The van der Waals surface area contributed by atoms with Crippen molar-refractivity contribution < 1.29 is 9.84 Å². The van der Waals surface area contributed by atoms with Crippen LogP contribution in [0.4, 0.5) is 0 Å². The predicted octanol–water partition coefficient (Wildman–Crippen LogP) is 3.48. The molecule has 15 heavy (non-hydrogen) atoms. The van der Waals surface area contributed by atoms with Crippen LogP contribution in [0.2, 0.25) is 0 Å². The summed E-state index contributed by atoms with van der Waals surface area (Å²) in [6, 6.07) is 0. The molecule has 0 radical (unpaired) electrons. The van der Waals surface area contributed by atoms with Gasteiger partial charge in [-0.15, -0.1) is 0 Å². The summed E-state index contributed by atoms with van der Waals surface area (Å²) in [5.74, 6) is 1.37. The first-order valence-electron chi connectivity index (χ1n) is 5.90. The summed E-state index contributed by atoms with van der Waals surface area (Å²) < 4.78 is 4.85. The molecule has 2 heteroatoms. The van der Waals surface area contributed by atoms with Gasteiger partial charge in [-0.1, -0.05) is 27.7 Å². The highest BCUT2D eigenvalue weighted by Gasteiger charge is 2.13. The van der Waals surface area contributed by atoms with Gasteiger partial charge in [0.25, 0.3) is 0 Å². The van der Waals surface area contributed by atoms with Gasteiger partial charge in [0.2, 0.25) is 0 Å². The number of hydrogen-bond donors (Lipinski definition) is 1. The summed E-state index contributed by atoms with van der Waals surface area (Å²) in [7, 11) is 1.74. The van der Waals surface area contributed by atoms with Crippen molar-refractivity contribution in [3.8, 4) is 0 Å². The molecule has 0 atom stereocenters. The van der Waals surface area contributed by atoms with Gasteiger partial charge < -0.3 is 9.84 Å². The SMILES string of the molecule is CC(C)CC(C)(C)O.COCCC(C)C. The first-order valence-corrected chi connectivity index (χ1v) is 5.90. The number of rotatable bonds is 5. The standard InChI is InChI=1S/C7H16O.C6H14O/c1-6(2)5-7(3,4)8;1-6(2)4-5-7-3/h6,8H,5H2,1-4H3;6H,4-5H2,1-3H3. The van der Waals surface area contributed by atoms with Crippen LogP contribution in [0.25, 0.3) is 0 Å². The molecule has 0 rings (SSSR count). The molecule has 94 valence electrons. The third-order valence-electron chi connectivity index (χ3n) is 1.81. The van der Waals surface area contributed by atoms with Crippen LogP contribution < -0.4 is 0 Å². The number of methoxy groups -OCH3 is 1. The zero-order chi connectivity index (χ0) is 12.5. The van der Waals surface area contributed by atoms with Crippen molar-refractivity contribution in [1.82, 2.24) is 0 Å². The van der Waals surface area contributed by atoms with Gasteiger partial charge in [-0.3, -0.25) is 0 Å². The van der Waals surface area contributed by atoms with Gasteiger partial charge in [0.1, 0.15) is 0 Å². The van der Waals surface area contributed by atoms with Crippen LogP contribution in [0.3, 0.4) is 0 Å². The van der Waals surface area contributed by atoms with Gasteiger partial charge in [-0.25, -0.2) is 0 Å². The molecular formula is C13H30O2. The van der Waals surface area contributed by atoms with Crippen molar-refractivity contribution in [2.24, 2.45) is 11.8 Å². The number of hydrogen-bond acceptors (Lipinski definition) is 2. The Morgan fingerprint density at radius 3 is 1.60 bits per heavy atom. The molecule has 0 aliphatic heterocycles. The molecule has 0 aliphatic rings. The molecule has 0 saturated carbocycles. The van der Waals surface area contributed by atoms with E-state index < -0.39 is 5.60 Å². The minimum Gasteiger partial charge on any atom is -0.390 e. The fraction of sp³-hybridized carbons (Fsp3) is 1.00. The zero-order valence-electron chi connectivity index (χ0n) is 11.6. The molecule has 0 heterocycles. The topological polar surface area (TPSA) is 29.5 Å². The Hall–Kier alpha value is -0.0800. The van der Waals surface area contributed by atoms with Crippen LogP contribution in [0, 0.1) is 11.8 Å². The lowest BCUT2D eigenvalue weighted by Gasteiger charge is -2.18. The molecule has 0 aromatic rings. The summed E-state index contributed by atoms with van der Waals surface area (Å²) in [4.78, 5) is 0. The van der Waals surface area contributed by atoms with E-state index in [1.165, 1.54) is 6.42 Å². The molecule has 0 aliphatic carbocycles. The van der Waals surface area contributed by atoms with Crippen molar-refractivity contribution in [1.29, 1.82) is 0 Å². The fourth-order valence-corrected chi connectivity index (χ4v) is 1.35. The van der Waals surface area contributed by atoms with Crippen molar-refractivity contribution in [2.75, 3.05) is 13.7 Å². The summed E-state index contributed by atoms with van der Waals surface area (Å²) in [5, 5.41) is 9.19. The summed E-state index contributed by atoms with van der Waals surface area (Å²) >= 11 is 0. The van der Waals surface area contributed by atoms with Crippen LogP contribution >= 0.6 is 0 Å². The van der Waals surface area contributed by atoms with E-state index in [0.29, 0.717) is 5.92 Å². The van der Waals surface area contributed by atoms with Gasteiger partial charge in [0.05, 0.1) is 5.60 Å². The molecule has 0 spiro atoms. The molecule has 0 unspecified atom stereocenters.